The first-order chi connectivity index (χ1) is 8.47. The zero-order chi connectivity index (χ0) is 13.7. The lowest BCUT2D eigenvalue weighted by Gasteiger charge is -2.14. The van der Waals surface area contributed by atoms with Gasteiger partial charge in [0.05, 0.1) is 10.6 Å². The van der Waals surface area contributed by atoms with Crippen molar-refractivity contribution < 1.29 is 9.90 Å². The standard InChI is InChI=1S/C13H19ClN2O2/c1-3-8(2)16-7-6-9-11(15)5-4-10(12(9)14)13(17)18/h4-5,8,16H,3,6-7,15H2,1-2H3,(H,17,18). The van der Waals surface area contributed by atoms with Crippen molar-refractivity contribution in [3.8, 4) is 0 Å². The van der Waals surface area contributed by atoms with E-state index in [0.29, 0.717) is 23.7 Å². The number of aromatic carboxylic acids is 1. The molecule has 0 aliphatic carbocycles. The Hall–Kier alpha value is -1.26. The van der Waals surface area contributed by atoms with Crippen molar-refractivity contribution in [1.29, 1.82) is 0 Å². The number of nitrogens with two attached hydrogens (primary N) is 1. The molecule has 5 heteroatoms. The third-order valence-corrected chi connectivity index (χ3v) is 3.42. The Bertz CT molecular complexity index is 435. The first-order valence-corrected chi connectivity index (χ1v) is 6.38. The van der Waals surface area contributed by atoms with E-state index in [2.05, 4.69) is 19.2 Å². The Morgan fingerprint density at radius 2 is 2.22 bits per heavy atom. The van der Waals surface area contributed by atoms with Gasteiger partial charge in [0.2, 0.25) is 0 Å². The van der Waals surface area contributed by atoms with Crippen LogP contribution in [0.5, 0.6) is 0 Å². The average molecular weight is 271 g/mol. The second-order valence-corrected chi connectivity index (χ2v) is 4.69. The highest BCUT2D eigenvalue weighted by Gasteiger charge is 2.14. The van der Waals surface area contributed by atoms with E-state index >= 15 is 0 Å². The van der Waals surface area contributed by atoms with Crippen LogP contribution in [0.1, 0.15) is 36.2 Å². The van der Waals surface area contributed by atoms with Gasteiger partial charge in [0.25, 0.3) is 0 Å². The fraction of sp³-hybridized carbons (Fsp3) is 0.462. The Kier molecular flexibility index (Phi) is 5.44. The number of benzene rings is 1. The molecule has 0 saturated carbocycles. The van der Waals surface area contributed by atoms with E-state index in [4.69, 9.17) is 22.4 Å². The van der Waals surface area contributed by atoms with Crippen LogP contribution in [0.4, 0.5) is 5.69 Å². The van der Waals surface area contributed by atoms with E-state index < -0.39 is 5.97 Å². The number of nitrogen functional groups attached to an aromatic ring is 1. The van der Waals surface area contributed by atoms with Crippen molar-refractivity contribution in [2.75, 3.05) is 12.3 Å². The van der Waals surface area contributed by atoms with Gasteiger partial charge >= 0.3 is 5.97 Å². The minimum atomic E-state index is -1.03. The molecule has 100 valence electrons. The quantitative estimate of drug-likeness (QED) is 0.695. The summed E-state index contributed by atoms with van der Waals surface area (Å²) in [7, 11) is 0. The van der Waals surface area contributed by atoms with Crippen molar-refractivity contribution >= 4 is 23.3 Å². The van der Waals surface area contributed by atoms with Gasteiger partial charge in [0.1, 0.15) is 0 Å². The van der Waals surface area contributed by atoms with Crippen molar-refractivity contribution in [2.24, 2.45) is 0 Å². The van der Waals surface area contributed by atoms with Crippen molar-refractivity contribution in [1.82, 2.24) is 5.32 Å². The van der Waals surface area contributed by atoms with Crippen LogP contribution in [0.15, 0.2) is 12.1 Å². The molecule has 0 amide bonds. The zero-order valence-electron chi connectivity index (χ0n) is 10.7. The van der Waals surface area contributed by atoms with Gasteiger partial charge in [-0.25, -0.2) is 4.79 Å². The van der Waals surface area contributed by atoms with Gasteiger partial charge in [0.15, 0.2) is 0 Å². The number of hydrogen-bond donors (Lipinski definition) is 3. The molecule has 0 heterocycles. The Morgan fingerprint density at radius 3 is 2.78 bits per heavy atom. The number of carboxylic acids is 1. The first-order valence-electron chi connectivity index (χ1n) is 6.00. The summed E-state index contributed by atoms with van der Waals surface area (Å²) < 4.78 is 0. The van der Waals surface area contributed by atoms with E-state index in [1.165, 1.54) is 6.07 Å². The fourth-order valence-corrected chi connectivity index (χ4v) is 1.99. The van der Waals surface area contributed by atoms with E-state index in [1.807, 2.05) is 0 Å². The number of rotatable bonds is 6. The lowest BCUT2D eigenvalue weighted by molar-refractivity contribution is 0.0697. The Labute approximate surface area is 112 Å². The highest BCUT2D eigenvalue weighted by molar-refractivity contribution is 6.34. The Morgan fingerprint density at radius 1 is 1.56 bits per heavy atom. The zero-order valence-corrected chi connectivity index (χ0v) is 11.4. The predicted octanol–water partition coefficient (Wildman–Crippen LogP) is 2.55. The summed E-state index contributed by atoms with van der Waals surface area (Å²) in [6, 6.07) is 3.45. The van der Waals surface area contributed by atoms with Gasteiger partial charge in [-0.1, -0.05) is 18.5 Å². The van der Waals surface area contributed by atoms with Gasteiger partial charge in [-0.3, -0.25) is 0 Å². The van der Waals surface area contributed by atoms with Crippen LogP contribution in [-0.2, 0) is 6.42 Å². The number of anilines is 1. The van der Waals surface area contributed by atoms with Gasteiger partial charge in [0, 0.05) is 11.7 Å². The van der Waals surface area contributed by atoms with Crippen LogP contribution in [0.2, 0.25) is 5.02 Å². The van der Waals surface area contributed by atoms with Crippen LogP contribution in [0.25, 0.3) is 0 Å². The highest BCUT2D eigenvalue weighted by atomic mass is 35.5. The minimum absolute atomic E-state index is 0.101. The molecule has 4 N–H and O–H groups in total. The molecule has 18 heavy (non-hydrogen) atoms. The lowest BCUT2D eigenvalue weighted by atomic mass is 10.1. The molecule has 1 aromatic rings. The molecule has 1 rings (SSSR count). The summed E-state index contributed by atoms with van der Waals surface area (Å²) in [6.45, 7) is 4.92. The van der Waals surface area contributed by atoms with Crippen LogP contribution in [0.3, 0.4) is 0 Å². The fourth-order valence-electron chi connectivity index (χ4n) is 1.64. The molecule has 0 aliphatic rings. The van der Waals surface area contributed by atoms with Gasteiger partial charge in [-0.15, -0.1) is 0 Å². The molecule has 4 nitrogen and oxygen atoms in total. The molecular formula is C13H19ClN2O2. The highest BCUT2D eigenvalue weighted by Crippen LogP contribution is 2.26. The van der Waals surface area contributed by atoms with Gasteiger partial charge in [-0.2, -0.15) is 0 Å². The molecule has 0 radical (unpaired) electrons. The van der Waals surface area contributed by atoms with E-state index in [0.717, 1.165) is 13.0 Å². The summed E-state index contributed by atoms with van der Waals surface area (Å²) in [5.41, 5.74) is 7.18. The largest absolute Gasteiger partial charge is 0.478 e. The number of nitrogens with one attached hydrogen (secondary N) is 1. The maximum Gasteiger partial charge on any atom is 0.337 e. The average Bonchev–Trinajstić information content (AvgIpc) is 2.32. The van der Waals surface area contributed by atoms with Gasteiger partial charge < -0.3 is 16.2 Å². The SMILES string of the molecule is CCC(C)NCCc1c(N)ccc(C(=O)O)c1Cl. The topological polar surface area (TPSA) is 75.3 Å². The van der Waals surface area contributed by atoms with Crippen LogP contribution < -0.4 is 11.1 Å². The molecular weight excluding hydrogens is 252 g/mol. The van der Waals surface area contributed by atoms with Crippen molar-refractivity contribution in [3.63, 3.8) is 0 Å². The molecule has 0 aromatic heterocycles. The van der Waals surface area contributed by atoms with Crippen LogP contribution >= 0.6 is 11.6 Å². The maximum atomic E-state index is 11.0. The summed E-state index contributed by atoms with van der Waals surface area (Å²) in [5, 5.41) is 12.6. The molecule has 1 aromatic carbocycles. The van der Waals surface area contributed by atoms with E-state index in [9.17, 15) is 4.79 Å². The van der Waals surface area contributed by atoms with Crippen molar-refractivity contribution in [3.05, 3.63) is 28.3 Å². The number of carboxylic acid groups (broad SMARTS) is 1. The monoisotopic (exact) mass is 270 g/mol. The molecule has 1 atom stereocenters. The van der Waals surface area contributed by atoms with Crippen LogP contribution in [-0.4, -0.2) is 23.7 Å². The first kappa shape index (κ1) is 14.8. The lowest BCUT2D eigenvalue weighted by Crippen LogP contribution is -2.27. The molecule has 0 aliphatic heterocycles. The predicted molar refractivity (Wildman–Crippen MR) is 74.3 cm³/mol. The maximum absolute atomic E-state index is 11.0. The normalized spacial score (nSPS) is 12.4. The summed E-state index contributed by atoms with van der Waals surface area (Å²) in [5.74, 6) is -1.03. The second-order valence-electron chi connectivity index (χ2n) is 4.31. The van der Waals surface area contributed by atoms with Gasteiger partial charge in [-0.05, 0) is 44.0 Å². The third kappa shape index (κ3) is 3.62. The van der Waals surface area contributed by atoms with E-state index in [-0.39, 0.29) is 10.6 Å². The summed E-state index contributed by atoms with van der Waals surface area (Å²) in [4.78, 5) is 11.0. The molecule has 0 spiro atoms. The smallest absolute Gasteiger partial charge is 0.337 e. The second kappa shape index (κ2) is 6.61. The van der Waals surface area contributed by atoms with E-state index in [1.54, 1.807) is 6.07 Å². The number of hydrogen-bond acceptors (Lipinski definition) is 3. The summed E-state index contributed by atoms with van der Waals surface area (Å²) in [6.07, 6.45) is 1.66. The number of halogens is 1. The molecule has 0 saturated heterocycles. The van der Waals surface area contributed by atoms with Crippen LogP contribution in [0, 0.1) is 0 Å². The Balaban J connectivity index is 2.81. The minimum Gasteiger partial charge on any atom is -0.478 e. The summed E-state index contributed by atoms with van der Waals surface area (Å²) >= 11 is 6.07. The molecule has 0 fully saturated rings. The number of carbonyl (C=O) groups is 1. The molecule has 1 unspecified atom stereocenters. The molecule has 0 bridgehead atoms. The van der Waals surface area contributed by atoms with Crippen molar-refractivity contribution in [2.45, 2.75) is 32.7 Å². The third-order valence-electron chi connectivity index (χ3n) is 2.99.